The average Bonchev–Trinajstić information content (AvgIpc) is 2.63. The lowest BCUT2D eigenvalue weighted by Crippen LogP contribution is -2.45. The standard InChI is InChI=1S/C19H18N2O5/c1-5-9-25-13-7-8-14(15(11-13)26-10-6-2)17-16(18(22)24-4)12(3)20-19(23)21-17/h1-2,7-8,11,17H,9-10H2,3-4H3,(H2,20,21,23). The second-order valence-electron chi connectivity index (χ2n) is 5.25. The molecule has 7 heteroatoms. The SMILES string of the molecule is C#CCOc1ccc(C2NC(=O)NC(C)=C2C(=O)OC)c(OCC#C)c1. The zero-order chi connectivity index (χ0) is 19.1. The van der Waals surface area contributed by atoms with Gasteiger partial charge in [0.05, 0.1) is 18.7 Å². The van der Waals surface area contributed by atoms with Gasteiger partial charge in [-0.1, -0.05) is 11.8 Å². The predicted octanol–water partition coefficient (Wildman–Crippen LogP) is 1.51. The Bertz CT molecular complexity index is 829. The van der Waals surface area contributed by atoms with E-state index in [0.717, 1.165) is 0 Å². The molecule has 1 aromatic carbocycles. The van der Waals surface area contributed by atoms with E-state index in [-0.39, 0.29) is 18.8 Å². The first-order chi connectivity index (χ1) is 12.5. The molecule has 134 valence electrons. The van der Waals surface area contributed by atoms with Crippen LogP contribution in [0.2, 0.25) is 0 Å². The number of methoxy groups -OCH3 is 1. The molecule has 0 spiro atoms. The van der Waals surface area contributed by atoms with Crippen molar-refractivity contribution in [3.05, 3.63) is 35.0 Å². The third-order valence-corrected chi connectivity index (χ3v) is 3.60. The number of amides is 2. The van der Waals surface area contributed by atoms with E-state index in [9.17, 15) is 9.59 Å². The molecule has 1 aliphatic rings. The lowest BCUT2D eigenvalue weighted by molar-refractivity contribution is -0.136. The van der Waals surface area contributed by atoms with Gasteiger partial charge < -0.3 is 24.8 Å². The maximum atomic E-state index is 12.2. The molecule has 0 saturated heterocycles. The van der Waals surface area contributed by atoms with E-state index in [0.29, 0.717) is 22.8 Å². The van der Waals surface area contributed by atoms with Crippen molar-refractivity contribution in [2.45, 2.75) is 13.0 Å². The molecule has 1 heterocycles. The first-order valence-electron chi connectivity index (χ1n) is 7.64. The smallest absolute Gasteiger partial charge is 0.337 e. The third kappa shape index (κ3) is 4.08. The molecule has 2 amide bonds. The predicted molar refractivity (Wildman–Crippen MR) is 94.2 cm³/mol. The Morgan fingerprint density at radius 1 is 1.23 bits per heavy atom. The fourth-order valence-electron chi connectivity index (χ4n) is 2.52. The highest BCUT2D eigenvalue weighted by Crippen LogP contribution is 2.35. The minimum Gasteiger partial charge on any atom is -0.481 e. The molecular weight excluding hydrogens is 336 g/mol. The van der Waals surface area contributed by atoms with Crippen molar-refractivity contribution in [2.24, 2.45) is 0 Å². The highest BCUT2D eigenvalue weighted by molar-refractivity contribution is 5.95. The van der Waals surface area contributed by atoms with Gasteiger partial charge in [-0.2, -0.15) is 0 Å². The number of hydrogen-bond acceptors (Lipinski definition) is 5. The van der Waals surface area contributed by atoms with Gasteiger partial charge in [0.25, 0.3) is 0 Å². The third-order valence-electron chi connectivity index (χ3n) is 3.60. The summed E-state index contributed by atoms with van der Waals surface area (Å²) in [7, 11) is 1.27. The Labute approximate surface area is 151 Å². The summed E-state index contributed by atoms with van der Waals surface area (Å²) in [6.45, 7) is 1.70. The fraction of sp³-hybridized carbons (Fsp3) is 0.263. The summed E-state index contributed by atoms with van der Waals surface area (Å²) in [5, 5.41) is 5.25. The molecule has 1 unspecified atom stereocenters. The Hall–Kier alpha value is -3.58. The lowest BCUT2D eigenvalue weighted by Gasteiger charge is -2.29. The monoisotopic (exact) mass is 354 g/mol. The zero-order valence-electron chi connectivity index (χ0n) is 14.4. The molecule has 0 fully saturated rings. The maximum absolute atomic E-state index is 12.2. The number of urea groups is 1. The number of carbonyl (C=O) groups is 2. The molecule has 7 nitrogen and oxygen atoms in total. The number of ether oxygens (including phenoxy) is 3. The topological polar surface area (TPSA) is 85.9 Å². The van der Waals surface area contributed by atoms with E-state index >= 15 is 0 Å². The number of rotatable bonds is 6. The zero-order valence-corrected chi connectivity index (χ0v) is 14.4. The van der Waals surface area contributed by atoms with Gasteiger partial charge in [-0.05, 0) is 19.1 Å². The summed E-state index contributed by atoms with van der Waals surface area (Å²) in [5.41, 5.74) is 1.18. The minimum atomic E-state index is -0.773. The first-order valence-corrected chi connectivity index (χ1v) is 7.64. The van der Waals surface area contributed by atoms with E-state index in [1.807, 2.05) is 0 Å². The Kier molecular flexibility index (Phi) is 6.13. The largest absolute Gasteiger partial charge is 0.481 e. The molecule has 0 saturated carbocycles. The number of nitrogens with one attached hydrogen (secondary N) is 2. The van der Waals surface area contributed by atoms with Gasteiger partial charge in [0.2, 0.25) is 0 Å². The molecule has 2 N–H and O–H groups in total. The molecule has 2 rings (SSSR count). The van der Waals surface area contributed by atoms with E-state index in [4.69, 9.17) is 27.1 Å². The van der Waals surface area contributed by atoms with Crippen molar-refractivity contribution < 1.29 is 23.8 Å². The summed E-state index contributed by atoms with van der Waals surface area (Å²) in [6, 6.07) is 3.71. The van der Waals surface area contributed by atoms with Gasteiger partial charge >= 0.3 is 12.0 Å². The number of carbonyl (C=O) groups excluding carboxylic acids is 2. The molecule has 26 heavy (non-hydrogen) atoms. The number of hydrogen-bond donors (Lipinski definition) is 2. The van der Waals surface area contributed by atoms with Crippen molar-refractivity contribution in [3.8, 4) is 36.2 Å². The normalized spacial score (nSPS) is 15.8. The van der Waals surface area contributed by atoms with Crippen LogP contribution in [0.3, 0.4) is 0 Å². The van der Waals surface area contributed by atoms with Crippen LogP contribution in [0.1, 0.15) is 18.5 Å². The summed E-state index contributed by atoms with van der Waals surface area (Å²) in [4.78, 5) is 24.1. The van der Waals surface area contributed by atoms with Crippen LogP contribution in [0.5, 0.6) is 11.5 Å². The number of benzene rings is 1. The highest BCUT2D eigenvalue weighted by atomic mass is 16.5. The van der Waals surface area contributed by atoms with Crippen molar-refractivity contribution in [1.82, 2.24) is 10.6 Å². The lowest BCUT2D eigenvalue weighted by atomic mass is 9.94. The van der Waals surface area contributed by atoms with Gasteiger partial charge in [0, 0.05) is 17.3 Å². The molecule has 0 aromatic heterocycles. The molecule has 0 radical (unpaired) electrons. The van der Waals surface area contributed by atoms with Gasteiger partial charge in [-0.25, -0.2) is 9.59 Å². The quantitative estimate of drug-likeness (QED) is 0.597. The maximum Gasteiger partial charge on any atom is 0.337 e. The summed E-state index contributed by atoms with van der Waals surface area (Å²) < 4.78 is 15.8. The highest BCUT2D eigenvalue weighted by Gasteiger charge is 2.33. The van der Waals surface area contributed by atoms with Crippen molar-refractivity contribution in [2.75, 3.05) is 20.3 Å². The first kappa shape index (κ1) is 18.8. The van der Waals surface area contributed by atoms with Crippen LogP contribution in [-0.4, -0.2) is 32.3 Å². The van der Waals surface area contributed by atoms with E-state index in [2.05, 4.69) is 22.5 Å². The van der Waals surface area contributed by atoms with Gasteiger partial charge in [0.15, 0.2) is 0 Å². The second-order valence-corrected chi connectivity index (χ2v) is 5.25. The molecule has 0 aliphatic carbocycles. The molecule has 1 aromatic rings. The average molecular weight is 354 g/mol. The van der Waals surface area contributed by atoms with Crippen LogP contribution < -0.4 is 20.1 Å². The Morgan fingerprint density at radius 3 is 2.58 bits per heavy atom. The van der Waals surface area contributed by atoms with Gasteiger partial charge in [-0.15, -0.1) is 12.8 Å². The van der Waals surface area contributed by atoms with Gasteiger partial charge in [-0.3, -0.25) is 0 Å². The van der Waals surface area contributed by atoms with E-state index in [1.54, 1.807) is 25.1 Å². The van der Waals surface area contributed by atoms with Crippen LogP contribution in [0.4, 0.5) is 4.79 Å². The Balaban J connectivity index is 2.51. The van der Waals surface area contributed by atoms with Crippen LogP contribution in [-0.2, 0) is 9.53 Å². The summed E-state index contributed by atoms with van der Waals surface area (Å²) in [5.74, 6) is 5.00. The second kappa shape index (κ2) is 8.50. The van der Waals surface area contributed by atoms with E-state index < -0.39 is 18.0 Å². The van der Waals surface area contributed by atoms with Crippen molar-refractivity contribution >= 4 is 12.0 Å². The molecular formula is C19H18N2O5. The van der Waals surface area contributed by atoms with E-state index in [1.165, 1.54) is 7.11 Å². The van der Waals surface area contributed by atoms with Crippen molar-refractivity contribution in [3.63, 3.8) is 0 Å². The Morgan fingerprint density at radius 2 is 1.92 bits per heavy atom. The van der Waals surface area contributed by atoms with Crippen molar-refractivity contribution in [1.29, 1.82) is 0 Å². The number of allylic oxidation sites excluding steroid dienone is 1. The van der Waals surface area contributed by atoms with Crippen LogP contribution in [0.25, 0.3) is 0 Å². The number of esters is 1. The molecule has 1 atom stereocenters. The number of terminal acetylenes is 2. The fourth-order valence-corrected chi connectivity index (χ4v) is 2.52. The molecule has 1 aliphatic heterocycles. The minimum absolute atomic E-state index is 0.000757. The van der Waals surface area contributed by atoms with Crippen LogP contribution in [0, 0.1) is 24.7 Å². The summed E-state index contributed by atoms with van der Waals surface area (Å²) in [6.07, 6.45) is 10.5. The van der Waals surface area contributed by atoms with Crippen LogP contribution >= 0.6 is 0 Å². The molecule has 0 bridgehead atoms. The van der Waals surface area contributed by atoms with Crippen LogP contribution in [0.15, 0.2) is 29.5 Å². The summed E-state index contributed by atoms with van der Waals surface area (Å²) >= 11 is 0. The van der Waals surface area contributed by atoms with Gasteiger partial charge in [0.1, 0.15) is 24.7 Å².